The molecule has 7 aromatic carbocycles. The number of para-hydroxylation sites is 3. The van der Waals surface area contributed by atoms with E-state index in [1.165, 1.54) is 83.3 Å². The zero-order valence-electron chi connectivity index (χ0n) is 29.1. The first-order valence-corrected chi connectivity index (χ1v) is 18.4. The van der Waals surface area contributed by atoms with Gasteiger partial charge in [-0.2, -0.15) is 0 Å². The van der Waals surface area contributed by atoms with E-state index >= 15 is 0 Å². The van der Waals surface area contributed by atoms with E-state index in [1.54, 1.807) is 0 Å². The minimum atomic E-state index is -0.357. The Labute approximate surface area is 304 Å². The van der Waals surface area contributed by atoms with E-state index in [0.29, 0.717) is 0 Å². The quantitative estimate of drug-likeness (QED) is 0.182. The molecule has 0 amide bonds. The van der Waals surface area contributed by atoms with Gasteiger partial charge in [-0.05, 0) is 124 Å². The SMILES string of the molecule is Cc1c(N(c2ccccc2)c2ccc3c(c2)c2ccccc2n3-c2ccccc2)ccc2c1C1(C3=C2CCC=C3)c2ccccc2-c2ccccc21. The summed E-state index contributed by atoms with van der Waals surface area (Å²) in [4.78, 5) is 2.48. The van der Waals surface area contributed by atoms with Gasteiger partial charge < -0.3 is 9.47 Å². The van der Waals surface area contributed by atoms with Crippen molar-refractivity contribution in [3.05, 3.63) is 209 Å². The number of nitrogens with zero attached hydrogens (tertiary/aromatic N) is 2. The van der Waals surface area contributed by atoms with Gasteiger partial charge in [0.05, 0.1) is 16.4 Å². The molecule has 1 aromatic heterocycles. The highest BCUT2D eigenvalue weighted by Gasteiger charge is 2.53. The highest BCUT2D eigenvalue weighted by Crippen LogP contribution is 2.64. The van der Waals surface area contributed by atoms with E-state index in [1.807, 2.05) is 0 Å². The van der Waals surface area contributed by atoms with Gasteiger partial charge in [0.25, 0.3) is 0 Å². The topological polar surface area (TPSA) is 8.17 Å². The van der Waals surface area contributed by atoms with Gasteiger partial charge in [0.2, 0.25) is 0 Å². The Morgan fingerprint density at radius 3 is 1.98 bits per heavy atom. The van der Waals surface area contributed by atoms with Crippen LogP contribution in [-0.2, 0) is 5.41 Å². The molecule has 0 saturated carbocycles. The number of allylic oxidation sites excluding steroid dienone is 4. The second kappa shape index (κ2) is 11.1. The molecular weight excluding hydrogens is 629 g/mol. The third-order valence-corrected chi connectivity index (χ3v) is 11.8. The van der Waals surface area contributed by atoms with Crippen molar-refractivity contribution in [3.63, 3.8) is 0 Å². The van der Waals surface area contributed by atoms with Crippen molar-refractivity contribution in [2.45, 2.75) is 25.2 Å². The van der Waals surface area contributed by atoms with Gasteiger partial charge in [0.1, 0.15) is 0 Å². The molecule has 1 spiro atoms. The van der Waals surface area contributed by atoms with Crippen LogP contribution in [0.1, 0.15) is 40.7 Å². The minimum absolute atomic E-state index is 0.357. The average Bonchev–Trinajstić information content (AvgIpc) is 3.81. The number of benzene rings is 7. The highest BCUT2D eigenvalue weighted by atomic mass is 15.1. The molecule has 8 aromatic rings. The number of rotatable bonds is 4. The number of hydrogen-bond acceptors (Lipinski definition) is 1. The predicted molar refractivity (Wildman–Crippen MR) is 217 cm³/mol. The first-order valence-electron chi connectivity index (χ1n) is 18.4. The van der Waals surface area contributed by atoms with Crippen LogP contribution < -0.4 is 4.90 Å². The lowest BCUT2D eigenvalue weighted by atomic mass is 9.68. The van der Waals surface area contributed by atoms with E-state index < -0.39 is 0 Å². The normalized spacial score (nSPS) is 14.9. The molecule has 0 bridgehead atoms. The van der Waals surface area contributed by atoms with Crippen LogP contribution >= 0.6 is 0 Å². The maximum atomic E-state index is 2.48. The molecule has 2 nitrogen and oxygen atoms in total. The smallest absolute Gasteiger partial charge is 0.0725 e. The van der Waals surface area contributed by atoms with Crippen LogP contribution in [0.2, 0.25) is 0 Å². The van der Waals surface area contributed by atoms with Gasteiger partial charge >= 0.3 is 0 Å². The fraction of sp³-hybridized carbons (Fsp3) is 0.0800. The van der Waals surface area contributed by atoms with E-state index in [4.69, 9.17) is 0 Å². The fourth-order valence-electron chi connectivity index (χ4n) is 9.86. The lowest BCUT2D eigenvalue weighted by Crippen LogP contribution is -2.28. The second-order valence-electron chi connectivity index (χ2n) is 14.4. The van der Waals surface area contributed by atoms with Crippen molar-refractivity contribution < 1.29 is 0 Å². The Morgan fingerprint density at radius 1 is 0.558 bits per heavy atom. The van der Waals surface area contributed by atoms with Gasteiger partial charge in [-0.25, -0.2) is 0 Å². The Balaban J connectivity index is 1.19. The summed E-state index contributed by atoms with van der Waals surface area (Å²) in [5.74, 6) is 0. The zero-order valence-corrected chi connectivity index (χ0v) is 29.1. The summed E-state index contributed by atoms with van der Waals surface area (Å²) in [6.07, 6.45) is 6.98. The molecule has 2 heteroatoms. The molecule has 52 heavy (non-hydrogen) atoms. The molecule has 3 aliphatic rings. The van der Waals surface area contributed by atoms with Gasteiger partial charge in [-0.1, -0.05) is 121 Å². The standard InChI is InChI=1S/C50H36N2/c1-33-46(31-29-41-39-22-10-14-26-45(39)50(49(33)41)43-24-12-8-20-37(43)38-21-9-13-25-44(38)50)51(34-16-4-2-5-17-34)36-28-30-48-42(32-36)40-23-11-15-27-47(40)52(48)35-18-6-3-7-19-35/h2-9,11-21,23-32H,10,22H2,1H3. The largest absolute Gasteiger partial charge is 0.310 e. The first kappa shape index (κ1) is 29.4. The molecule has 1 heterocycles. The second-order valence-corrected chi connectivity index (χ2v) is 14.4. The molecule has 11 rings (SSSR count). The summed E-state index contributed by atoms with van der Waals surface area (Å²) >= 11 is 0. The third kappa shape index (κ3) is 3.84. The van der Waals surface area contributed by atoms with Crippen LogP contribution in [0, 0.1) is 6.92 Å². The molecular formula is C50H36N2. The van der Waals surface area contributed by atoms with E-state index in [-0.39, 0.29) is 5.41 Å². The molecule has 0 unspecified atom stereocenters. The molecule has 0 N–H and O–H groups in total. The monoisotopic (exact) mass is 664 g/mol. The van der Waals surface area contributed by atoms with Crippen LogP contribution in [0.25, 0.3) is 44.2 Å². The maximum Gasteiger partial charge on any atom is 0.0725 e. The van der Waals surface area contributed by atoms with E-state index in [2.05, 4.69) is 192 Å². The summed E-state index contributed by atoms with van der Waals surface area (Å²) in [5, 5.41) is 2.50. The number of fused-ring (bicyclic) bond motifs is 12. The molecule has 3 aliphatic carbocycles. The summed E-state index contributed by atoms with van der Waals surface area (Å²) < 4.78 is 2.39. The van der Waals surface area contributed by atoms with Crippen molar-refractivity contribution in [1.29, 1.82) is 0 Å². The van der Waals surface area contributed by atoms with Crippen LogP contribution in [0.15, 0.2) is 182 Å². The third-order valence-electron chi connectivity index (χ3n) is 11.8. The van der Waals surface area contributed by atoms with Crippen molar-refractivity contribution in [2.75, 3.05) is 4.90 Å². The summed E-state index contributed by atoms with van der Waals surface area (Å²) in [6, 6.07) is 60.5. The molecule has 0 saturated heterocycles. The summed E-state index contributed by atoms with van der Waals surface area (Å²) in [6.45, 7) is 2.37. The maximum absolute atomic E-state index is 2.48. The first-order chi connectivity index (χ1) is 25.7. The van der Waals surface area contributed by atoms with Gasteiger partial charge in [-0.3, -0.25) is 0 Å². The Bertz CT molecular complexity index is 2750. The van der Waals surface area contributed by atoms with Crippen molar-refractivity contribution in [2.24, 2.45) is 0 Å². The Morgan fingerprint density at radius 2 is 1.21 bits per heavy atom. The average molecular weight is 665 g/mol. The Hall–Kier alpha value is -6.38. The van der Waals surface area contributed by atoms with Gasteiger partial charge in [0, 0.05) is 33.5 Å². The van der Waals surface area contributed by atoms with Crippen molar-refractivity contribution in [3.8, 4) is 16.8 Å². The Kier molecular flexibility index (Phi) is 6.24. The number of hydrogen-bond donors (Lipinski definition) is 0. The minimum Gasteiger partial charge on any atom is -0.310 e. The summed E-state index contributed by atoms with van der Waals surface area (Å²) in [7, 11) is 0. The molecule has 0 radical (unpaired) electrons. The molecule has 0 atom stereocenters. The zero-order chi connectivity index (χ0) is 34.4. The van der Waals surface area contributed by atoms with Crippen LogP contribution in [-0.4, -0.2) is 4.57 Å². The van der Waals surface area contributed by atoms with E-state index in [0.717, 1.165) is 24.2 Å². The fourth-order valence-corrected chi connectivity index (χ4v) is 9.86. The van der Waals surface area contributed by atoms with Crippen molar-refractivity contribution in [1.82, 2.24) is 4.57 Å². The van der Waals surface area contributed by atoms with E-state index in [9.17, 15) is 0 Å². The highest BCUT2D eigenvalue weighted by molar-refractivity contribution is 6.11. The molecule has 0 fully saturated rings. The van der Waals surface area contributed by atoms with Gasteiger partial charge in [-0.15, -0.1) is 0 Å². The lowest BCUT2D eigenvalue weighted by molar-refractivity contribution is 0.773. The van der Waals surface area contributed by atoms with Gasteiger partial charge in [0.15, 0.2) is 0 Å². The van der Waals surface area contributed by atoms with Crippen LogP contribution in [0.4, 0.5) is 17.1 Å². The lowest BCUT2D eigenvalue weighted by Gasteiger charge is -2.35. The predicted octanol–water partition coefficient (Wildman–Crippen LogP) is 13.0. The number of anilines is 3. The van der Waals surface area contributed by atoms with Crippen LogP contribution in [0.3, 0.4) is 0 Å². The summed E-state index contributed by atoms with van der Waals surface area (Å²) in [5.41, 5.74) is 19.3. The molecule has 246 valence electrons. The molecule has 0 aliphatic heterocycles. The van der Waals surface area contributed by atoms with Crippen molar-refractivity contribution >= 4 is 44.4 Å². The van der Waals surface area contributed by atoms with Crippen LogP contribution in [0.5, 0.6) is 0 Å². The number of aromatic nitrogens is 1.